The van der Waals surface area contributed by atoms with E-state index in [-0.39, 0.29) is 0 Å². The number of hydrogen-bond acceptors (Lipinski definition) is 0. The van der Waals surface area contributed by atoms with Crippen LogP contribution in [0.1, 0.15) is 18.1 Å². The smallest absolute Gasteiger partial charge is 0.0215 e. The van der Waals surface area contributed by atoms with E-state index in [4.69, 9.17) is 0 Å². The highest BCUT2D eigenvalue weighted by molar-refractivity contribution is 9.09. The monoisotopic (exact) mass is 224 g/mol. The van der Waals surface area contributed by atoms with Crippen LogP contribution in [0, 0.1) is 0 Å². The Morgan fingerprint density at radius 1 is 1.33 bits per heavy atom. The first-order valence-electron chi connectivity index (χ1n) is 4.19. The van der Waals surface area contributed by atoms with Gasteiger partial charge in [-0.2, -0.15) is 0 Å². The van der Waals surface area contributed by atoms with Crippen LogP contribution in [0.5, 0.6) is 0 Å². The normalized spacial score (nSPS) is 10.8. The number of rotatable bonds is 3. The van der Waals surface area contributed by atoms with Gasteiger partial charge in [-0.05, 0) is 17.5 Å². The zero-order valence-corrected chi connectivity index (χ0v) is 8.84. The maximum absolute atomic E-state index is 3.37. The first kappa shape index (κ1) is 9.53. The van der Waals surface area contributed by atoms with Crippen molar-refractivity contribution in [3.8, 4) is 0 Å². The van der Waals surface area contributed by atoms with E-state index in [1.807, 2.05) is 0 Å². The molecule has 0 nitrogen and oxygen atoms in total. The summed E-state index contributed by atoms with van der Waals surface area (Å²) < 4.78 is 0. The Morgan fingerprint density at radius 3 is 2.75 bits per heavy atom. The summed E-state index contributed by atoms with van der Waals surface area (Å²) in [6.07, 6.45) is 5.38. The highest BCUT2D eigenvalue weighted by Crippen LogP contribution is 2.11. The topological polar surface area (TPSA) is 0 Å². The molecule has 0 spiro atoms. The molecule has 1 rings (SSSR count). The third-order valence-corrected chi connectivity index (χ3v) is 2.20. The fourth-order valence-corrected chi connectivity index (χ4v) is 1.38. The van der Waals surface area contributed by atoms with Gasteiger partial charge in [0.25, 0.3) is 0 Å². The van der Waals surface area contributed by atoms with E-state index in [0.29, 0.717) is 0 Å². The van der Waals surface area contributed by atoms with Gasteiger partial charge >= 0.3 is 0 Å². The Morgan fingerprint density at radius 2 is 2.08 bits per heavy atom. The first-order chi connectivity index (χ1) is 5.88. The van der Waals surface area contributed by atoms with Crippen molar-refractivity contribution in [3.05, 3.63) is 41.5 Å². The van der Waals surface area contributed by atoms with Crippen molar-refractivity contribution in [2.75, 3.05) is 5.33 Å². The summed E-state index contributed by atoms with van der Waals surface area (Å²) in [6, 6.07) is 8.49. The van der Waals surface area contributed by atoms with Gasteiger partial charge < -0.3 is 0 Å². The minimum atomic E-state index is 0.922. The third kappa shape index (κ3) is 2.49. The fourth-order valence-electron chi connectivity index (χ4n) is 1.19. The van der Waals surface area contributed by atoms with Gasteiger partial charge in [-0.25, -0.2) is 0 Å². The molecule has 1 heteroatoms. The summed E-state index contributed by atoms with van der Waals surface area (Å²) in [5.74, 6) is 0. The SMILES string of the molecule is CCc1ccccc1/C=C/CBr. The Balaban J connectivity index is 2.89. The molecule has 0 amide bonds. The number of alkyl halides is 1. The molecule has 0 atom stereocenters. The molecule has 0 aliphatic rings. The van der Waals surface area contributed by atoms with Gasteiger partial charge in [0.2, 0.25) is 0 Å². The van der Waals surface area contributed by atoms with Crippen LogP contribution in [0.3, 0.4) is 0 Å². The van der Waals surface area contributed by atoms with Gasteiger partial charge in [0, 0.05) is 5.33 Å². The van der Waals surface area contributed by atoms with Crippen LogP contribution in [-0.2, 0) is 6.42 Å². The van der Waals surface area contributed by atoms with Crippen LogP contribution < -0.4 is 0 Å². The average Bonchev–Trinajstić information content (AvgIpc) is 2.15. The highest BCUT2D eigenvalue weighted by atomic mass is 79.9. The van der Waals surface area contributed by atoms with Crippen molar-refractivity contribution in [2.45, 2.75) is 13.3 Å². The van der Waals surface area contributed by atoms with Gasteiger partial charge in [-0.3, -0.25) is 0 Å². The number of allylic oxidation sites excluding steroid dienone is 1. The van der Waals surface area contributed by atoms with E-state index in [1.165, 1.54) is 11.1 Å². The highest BCUT2D eigenvalue weighted by Gasteiger charge is 1.93. The summed E-state index contributed by atoms with van der Waals surface area (Å²) in [7, 11) is 0. The van der Waals surface area contributed by atoms with Gasteiger partial charge in [-0.15, -0.1) is 0 Å². The average molecular weight is 225 g/mol. The molecule has 0 aliphatic carbocycles. The van der Waals surface area contributed by atoms with Crippen molar-refractivity contribution in [2.24, 2.45) is 0 Å². The van der Waals surface area contributed by atoms with Crippen LogP contribution in [0.2, 0.25) is 0 Å². The van der Waals surface area contributed by atoms with E-state index in [2.05, 4.69) is 59.3 Å². The van der Waals surface area contributed by atoms with E-state index >= 15 is 0 Å². The quantitative estimate of drug-likeness (QED) is 0.688. The minimum absolute atomic E-state index is 0.922. The standard InChI is InChI=1S/C11H13Br/c1-2-10-6-3-4-7-11(10)8-5-9-12/h3-8H,2,9H2,1H3/b8-5+. The molecule has 0 saturated carbocycles. The first-order valence-corrected chi connectivity index (χ1v) is 5.31. The number of halogens is 1. The molecule has 0 saturated heterocycles. The van der Waals surface area contributed by atoms with Crippen LogP contribution in [-0.4, -0.2) is 5.33 Å². The molecule has 0 heterocycles. The van der Waals surface area contributed by atoms with Gasteiger partial charge in [0.1, 0.15) is 0 Å². The van der Waals surface area contributed by atoms with Crippen molar-refractivity contribution in [3.63, 3.8) is 0 Å². The molecule has 0 aliphatic heterocycles. The number of aryl methyl sites for hydroxylation is 1. The van der Waals surface area contributed by atoms with Crippen molar-refractivity contribution >= 4 is 22.0 Å². The summed E-state index contributed by atoms with van der Waals surface area (Å²) in [5.41, 5.74) is 2.74. The maximum Gasteiger partial charge on any atom is 0.0215 e. The van der Waals surface area contributed by atoms with Crippen LogP contribution >= 0.6 is 15.9 Å². The van der Waals surface area contributed by atoms with Gasteiger partial charge in [-0.1, -0.05) is 59.3 Å². The Bertz CT molecular complexity index is 263. The summed E-state index contributed by atoms with van der Waals surface area (Å²) in [5, 5.41) is 0.922. The lowest BCUT2D eigenvalue weighted by molar-refractivity contribution is 1.13. The van der Waals surface area contributed by atoms with Crippen LogP contribution in [0.15, 0.2) is 30.3 Å². The molecule has 1 aromatic rings. The predicted octanol–water partition coefficient (Wildman–Crippen LogP) is 3.66. The lowest BCUT2D eigenvalue weighted by Gasteiger charge is -2.00. The Labute approximate surface area is 82.4 Å². The second kappa shape index (κ2) is 5.15. The fraction of sp³-hybridized carbons (Fsp3) is 0.273. The summed E-state index contributed by atoms with van der Waals surface area (Å²) in [6.45, 7) is 2.18. The minimum Gasteiger partial charge on any atom is -0.0883 e. The molecular weight excluding hydrogens is 212 g/mol. The van der Waals surface area contributed by atoms with E-state index in [1.54, 1.807) is 0 Å². The van der Waals surface area contributed by atoms with E-state index < -0.39 is 0 Å². The molecule has 64 valence electrons. The maximum atomic E-state index is 3.37. The Hall–Kier alpha value is -0.560. The molecule has 0 bridgehead atoms. The van der Waals surface area contributed by atoms with E-state index in [0.717, 1.165) is 11.8 Å². The third-order valence-electron chi connectivity index (χ3n) is 1.82. The number of benzene rings is 1. The second-order valence-corrected chi connectivity index (χ2v) is 3.26. The second-order valence-electron chi connectivity index (χ2n) is 2.61. The molecule has 0 fully saturated rings. The Kier molecular flexibility index (Phi) is 4.09. The van der Waals surface area contributed by atoms with Crippen molar-refractivity contribution in [1.82, 2.24) is 0 Å². The lowest BCUT2D eigenvalue weighted by Crippen LogP contribution is -1.84. The van der Waals surface area contributed by atoms with Gasteiger partial charge in [0.15, 0.2) is 0 Å². The zero-order valence-electron chi connectivity index (χ0n) is 7.26. The largest absolute Gasteiger partial charge is 0.0883 e. The molecule has 0 N–H and O–H groups in total. The lowest BCUT2D eigenvalue weighted by atomic mass is 10.1. The molecule has 1 aromatic carbocycles. The molecule has 0 unspecified atom stereocenters. The zero-order chi connectivity index (χ0) is 8.81. The van der Waals surface area contributed by atoms with E-state index in [9.17, 15) is 0 Å². The van der Waals surface area contributed by atoms with Crippen molar-refractivity contribution < 1.29 is 0 Å². The van der Waals surface area contributed by atoms with Crippen LogP contribution in [0.4, 0.5) is 0 Å². The van der Waals surface area contributed by atoms with Crippen molar-refractivity contribution in [1.29, 1.82) is 0 Å². The summed E-state index contributed by atoms with van der Waals surface area (Å²) >= 11 is 3.37. The molecule has 0 radical (unpaired) electrons. The van der Waals surface area contributed by atoms with Crippen LogP contribution in [0.25, 0.3) is 6.08 Å². The summed E-state index contributed by atoms with van der Waals surface area (Å²) in [4.78, 5) is 0. The molecule has 12 heavy (non-hydrogen) atoms. The molecule has 0 aromatic heterocycles. The molecular formula is C11H13Br. The van der Waals surface area contributed by atoms with Gasteiger partial charge in [0.05, 0.1) is 0 Å². The number of hydrogen-bond donors (Lipinski definition) is 0. The predicted molar refractivity (Wildman–Crippen MR) is 58.6 cm³/mol.